The molecule has 0 spiro atoms. The van der Waals surface area contributed by atoms with Crippen LogP contribution in [-0.2, 0) is 20.4 Å². The van der Waals surface area contributed by atoms with E-state index in [9.17, 15) is 27.6 Å². The summed E-state index contributed by atoms with van der Waals surface area (Å²) in [6, 6.07) is 3.42. The van der Waals surface area contributed by atoms with Crippen LogP contribution in [0.2, 0.25) is 0 Å². The number of anilines is 1. The van der Waals surface area contributed by atoms with Gasteiger partial charge in [-0.3, -0.25) is 4.79 Å². The summed E-state index contributed by atoms with van der Waals surface area (Å²) in [5, 5.41) is 2.74. The molecule has 1 aromatic carbocycles. The van der Waals surface area contributed by atoms with Gasteiger partial charge in [0.15, 0.2) is 6.61 Å². The lowest BCUT2D eigenvalue weighted by molar-refractivity contribution is -0.137. The molecule has 6 nitrogen and oxygen atoms in total. The average molecular weight is 415 g/mol. The van der Waals surface area contributed by atoms with Crippen molar-refractivity contribution in [3.8, 4) is 0 Å². The normalized spacial score (nSPS) is 11.1. The fraction of sp³-hybridized carbons (Fsp3) is 0.278. The van der Waals surface area contributed by atoms with Crippen LogP contribution in [0.5, 0.6) is 0 Å². The van der Waals surface area contributed by atoms with Gasteiger partial charge in [0.25, 0.3) is 5.91 Å². The lowest BCUT2D eigenvalue weighted by Gasteiger charge is -2.09. The highest BCUT2D eigenvalue weighted by molar-refractivity contribution is 7.16. The molecule has 0 atom stereocenters. The van der Waals surface area contributed by atoms with Gasteiger partial charge < -0.3 is 14.8 Å². The number of alkyl halides is 3. The summed E-state index contributed by atoms with van der Waals surface area (Å²) < 4.78 is 47.1. The molecule has 0 aliphatic rings. The Kier molecular flexibility index (Phi) is 6.45. The number of halogens is 3. The standard InChI is InChI=1S/C18H16F3NO5S/c1-9-10(2)28-15(14(9)17(25)26-3)22-13(23)8-27-16(24)11-4-6-12(7-5-11)18(19,20)21/h4-7H,8H2,1-3H3,(H,22,23). The Labute approximate surface area is 162 Å². The van der Waals surface area contributed by atoms with Gasteiger partial charge in [0, 0.05) is 4.88 Å². The second-order valence-corrected chi connectivity index (χ2v) is 6.90. The topological polar surface area (TPSA) is 81.7 Å². The molecule has 0 saturated carbocycles. The molecule has 10 heteroatoms. The predicted molar refractivity (Wildman–Crippen MR) is 95.5 cm³/mol. The number of ether oxygens (including phenoxy) is 2. The Morgan fingerprint density at radius 1 is 1.07 bits per heavy atom. The molecule has 150 valence electrons. The van der Waals surface area contributed by atoms with Gasteiger partial charge in [0.05, 0.1) is 23.8 Å². The summed E-state index contributed by atoms with van der Waals surface area (Å²) in [6.45, 7) is 2.81. The molecule has 0 fully saturated rings. The summed E-state index contributed by atoms with van der Waals surface area (Å²) in [6.07, 6.45) is -4.52. The number of hydrogen-bond acceptors (Lipinski definition) is 6. The molecule has 0 radical (unpaired) electrons. The van der Waals surface area contributed by atoms with Gasteiger partial charge in [-0.25, -0.2) is 9.59 Å². The van der Waals surface area contributed by atoms with E-state index in [-0.39, 0.29) is 16.1 Å². The third kappa shape index (κ3) is 4.89. The van der Waals surface area contributed by atoms with Crippen LogP contribution < -0.4 is 5.32 Å². The Morgan fingerprint density at radius 3 is 2.21 bits per heavy atom. The zero-order chi connectivity index (χ0) is 21.1. The lowest BCUT2D eigenvalue weighted by atomic mass is 10.1. The highest BCUT2D eigenvalue weighted by Gasteiger charge is 2.30. The second kappa shape index (κ2) is 8.42. The van der Waals surface area contributed by atoms with Crippen LogP contribution in [0.4, 0.5) is 18.2 Å². The third-order valence-corrected chi connectivity index (χ3v) is 4.93. The maximum absolute atomic E-state index is 12.5. The Bertz CT molecular complexity index is 903. The smallest absolute Gasteiger partial charge is 0.416 e. The highest BCUT2D eigenvalue weighted by Crippen LogP contribution is 2.33. The first-order chi connectivity index (χ1) is 13.0. The van der Waals surface area contributed by atoms with E-state index < -0.39 is 36.2 Å². The fourth-order valence-corrected chi connectivity index (χ4v) is 3.30. The van der Waals surface area contributed by atoms with E-state index in [1.807, 2.05) is 0 Å². The van der Waals surface area contributed by atoms with Crippen LogP contribution in [0.1, 0.15) is 36.7 Å². The third-order valence-electron chi connectivity index (χ3n) is 3.81. The van der Waals surface area contributed by atoms with Crippen molar-refractivity contribution in [1.82, 2.24) is 0 Å². The number of amides is 1. The number of thiophene rings is 1. The van der Waals surface area contributed by atoms with Crippen LogP contribution >= 0.6 is 11.3 Å². The van der Waals surface area contributed by atoms with Gasteiger partial charge in [-0.05, 0) is 43.7 Å². The molecule has 0 aliphatic heterocycles. The molecule has 2 aromatic rings. The number of carbonyl (C=O) groups excluding carboxylic acids is 3. The van der Waals surface area contributed by atoms with Crippen LogP contribution in [0, 0.1) is 13.8 Å². The van der Waals surface area contributed by atoms with E-state index >= 15 is 0 Å². The lowest BCUT2D eigenvalue weighted by Crippen LogP contribution is -2.21. The number of esters is 2. The van der Waals surface area contributed by atoms with E-state index in [1.54, 1.807) is 13.8 Å². The number of hydrogen-bond donors (Lipinski definition) is 1. The second-order valence-electron chi connectivity index (χ2n) is 5.68. The first kappa shape index (κ1) is 21.4. The minimum atomic E-state index is -4.52. The van der Waals surface area contributed by atoms with Crippen molar-refractivity contribution in [1.29, 1.82) is 0 Å². The molecule has 1 aromatic heterocycles. The monoisotopic (exact) mass is 415 g/mol. The fourth-order valence-electron chi connectivity index (χ4n) is 2.24. The summed E-state index contributed by atoms with van der Waals surface area (Å²) in [7, 11) is 1.21. The minimum Gasteiger partial charge on any atom is -0.465 e. The predicted octanol–water partition coefficient (Wildman–Crippen LogP) is 3.97. The van der Waals surface area contributed by atoms with Crippen molar-refractivity contribution in [2.75, 3.05) is 19.0 Å². The Morgan fingerprint density at radius 2 is 1.68 bits per heavy atom. The molecule has 28 heavy (non-hydrogen) atoms. The molecular formula is C18H16F3NO5S. The number of methoxy groups -OCH3 is 1. The Balaban J connectivity index is 2.00. The van der Waals surface area contributed by atoms with E-state index in [0.29, 0.717) is 5.56 Å². The van der Waals surface area contributed by atoms with Crippen molar-refractivity contribution < 1.29 is 37.0 Å². The quantitative estimate of drug-likeness (QED) is 0.748. The maximum atomic E-state index is 12.5. The number of aryl methyl sites for hydroxylation is 1. The molecule has 2 rings (SSSR count). The zero-order valence-electron chi connectivity index (χ0n) is 15.1. The largest absolute Gasteiger partial charge is 0.465 e. The van der Waals surface area contributed by atoms with Crippen LogP contribution in [0.3, 0.4) is 0 Å². The molecule has 1 heterocycles. The van der Waals surface area contributed by atoms with E-state index in [0.717, 1.165) is 29.1 Å². The van der Waals surface area contributed by atoms with Crippen molar-refractivity contribution in [2.24, 2.45) is 0 Å². The zero-order valence-corrected chi connectivity index (χ0v) is 15.9. The summed E-state index contributed by atoms with van der Waals surface area (Å²) in [5.74, 6) is -2.26. The first-order valence-corrected chi connectivity index (χ1v) is 8.68. The summed E-state index contributed by atoms with van der Waals surface area (Å²) >= 11 is 1.17. The number of carbonyl (C=O) groups is 3. The molecule has 0 saturated heterocycles. The van der Waals surface area contributed by atoms with E-state index in [1.165, 1.54) is 18.4 Å². The van der Waals surface area contributed by atoms with Gasteiger partial charge in [-0.15, -0.1) is 11.3 Å². The van der Waals surface area contributed by atoms with Gasteiger partial charge >= 0.3 is 18.1 Å². The van der Waals surface area contributed by atoms with E-state index in [2.05, 4.69) is 5.32 Å². The van der Waals surface area contributed by atoms with Gasteiger partial charge in [0.1, 0.15) is 5.00 Å². The van der Waals surface area contributed by atoms with Crippen LogP contribution in [0.15, 0.2) is 24.3 Å². The maximum Gasteiger partial charge on any atom is 0.416 e. The van der Waals surface area contributed by atoms with Crippen molar-refractivity contribution in [2.45, 2.75) is 20.0 Å². The summed E-state index contributed by atoms with van der Waals surface area (Å²) in [4.78, 5) is 36.6. The minimum absolute atomic E-state index is 0.126. The van der Waals surface area contributed by atoms with Gasteiger partial charge in [-0.1, -0.05) is 0 Å². The molecule has 1 amide bonds. The molecule has 1 N–H and O–H groups in total. The number of nitrogens with one attached hydrogen (secondary N) is 1. The molecule has 0 bridgehead atoms. The molecular weight excluding hydrogens is 399 g/mol. The average Bonchev–Trinajstić information content (AvgIpc) is 2.92. The van der Waals surface area contributed by atoms with E-state index in [4.69, 9.17) is 9.47 Å². The van der Waals surface area contributed by atoms with Gasteiger partial charge in [0.2, 0.25) is 0 Å². The Hall–Kier alpha value is -2.88. The van der Waals surface area contributed by atoms with Crippen molar-refractivity contribution in [3.05, 3.63) is 51.4 Å². The SMILES string of the molecule is COC(=O)c1c(NC(=O)COC(=O)c2ccc(C(F)(F)F)cc2)sc(C)c1C. The highest BCUT2D eigenvalue weighted by atomic mass is 32.1. The van der Waals surface area contributed by atoms with Crippen molar-refractivity contribution in [3.63, 3.8) is 0 Å². The van der Waals surface area contributed by atoms with Crippen LogP contribution in [0.25, 0.3) is 0 Å². The number of rotatable bonds is 5. The first-order valence-electron chi connectivity index (χ1n) is 7.87. The van der Waals surface area contributed by atoms with Gasteiger partial charge in [-0.2, -0.15) is 13.2 Å². The molecule has 0 aliphatic carbocycles. The summed E-state index contributed by atoms with van der Waals surface area (Å²) in [5.41, 5.74) is -0.152. The molecule has 0 unspecified atom stereocenters. The number of benzene rings is 1. The van der Waals surface area contributed by atoms with Crippen LogP contribution in [-0.4, -0.2) is 31.6 Å². The van der Waals surface area contributed by atoms with Crippen molar-refractivity contribution >= 4 is 34.2 Å².